The normalized spacial score (nSPS) is 11.8. The second-order valence-electron chi connectivity index (χ2n) is 10.9. The average molecular weight is 536 g/mol. The summed E-state index contributed by atoms with van der Waals surface area (Å²) in [6, 6.07) is 50.3. The van der Waals surface area contributed by atoms with Gasteiger partial charge in [-0.15, -0.1) is 0 Å². The van der Waals surface area contributed by atoms with Gasteiger partial charge < -0.3 is 9.13 Å². The molecule has 0 spiro atoms. The number of nitrogens with zero attached hydrogens (tertiary/aromatic N) is 3. The number of rotatable bonds is 3. The number of hydrogen-bond acceptors (Lipinski definition) is 1. The van der Waals surface area contributed by atoms with Gasteiger partial charge in [-0.2, -0.15) is 0 Å². The molecule has 9 rings (SSSR count). The van der Waals surface area contributed by atoms with Gasteiger partial charge in [0.05, 0.1) is 22.1 Å². The molecule has 0 aliphatic heterocycles. The second kappa shape index (κ2) is 8.92. The lowest BCUT2D eigenvalue weighted by molar-refractivity contribution is 1.17. The van der Waals surface area contributed by atoms with Crippen molar-refractivity contribution in [1.82, 2.24) is 14.1 Å². The maximum absolute atomic E-state index is 4.51. The van der Waals surface area contributed by atoms with Crippen molar-refractivity contribution in [2.24, 2.45) is 0 Å². The van der Waals surface area contributed by atoms with Crippen molar-refractivity contribution in [2.45, 2.75) is 0 Å². The van der Waals surface area contributed by atoms with E-state index in [1.54, 1.807) is 0 Å². The Balaban J connectivity index is 1.36. The third kappa shape index (κ3) is 3.31. The first-order chi connectivity index (χ1) is 20.8. The quantitative estimate of drug-likeness (QED) is 0.221. The van der Waals surface area contributed by atoms with Crippen molar-refractivity contribution in [2.75, 3.05) is 0 Å². The van der Waals surface area contributed by atoms with E-state index in [2.05, 4.69) is 154 Å². The van der Waals surface area contributed by atoms with Crippen LogP contribution in [0, 0.1) is 0 Å². The number of pyridine rings is 1. The van der Waals surface area contributed by atoms with Gasteiger partial charge in [0.2, 0.25) is 0 Å². The average Bonchev–Trinajstić information content (AvgIpc) is 3.58. The molecule has 0 aliphatic rings. The van der Waals surface area contributed by atoms with Crippen LogP contribution in [0.15, 0.2) is 152 Å². The summed E-state index contributed by atoms with van der Waals surface area (Å²) in [6.07, 6.45) is 3.87. The molecule has 3 aromatic heterocycles. The summed E-state index contributed by atoms with van der Waals surface area (Å²) in [5.74, 6) is 0. The molecule has 0 unspecified atom stereocenters. The lowest BCUT2D eigenvalue weighted by Gasteiger charge is -2.13. The Morgan fingerprint density at radius 2 is 1.19 bits per heavy atom. The lowest BCUT2D eigenvalue weighted by atomic mass is 10.00. The molecule has 0 saturated carbocycles. The van der Waals surface area contributed by atoms with Gasteiger partial charge in [0.1, 0.15) is 0 Å². The van der Waals surface area contributed by atoms with Gasteiger partial charge in [-0.25, -0.2) is 0 Å². The highest BCUT2D eigenvalue weighted by Gasteiger charge is 2.18. The zero-order valence-corrected chi connectivity index (χ0v) is 22.8. The first-order valence-corrected chi connectivity index (χ1v) is 14.3. The Kier molecular flexibility index (Phi) is 4.90. The van der Waals surface area contributed by atoms with Crippen molar-refractivity contribution in [3.8, 4) is 22.5 Å². The van der Waals surface area contributed by atoms with Gasteiger partial charge in [-0.1, -0.05) is 91.0 Å². The lowest BCUT2D eigenvalue weighted by Crippen LogP contribution is -1.96. The zero-order chi connectivity index (χ0) is 27.6. The van der Waals surface area contributed by atoms with Crippen molar-refractivity contribution in [1.29, 1.82) is 0 Å². The van der Waals surface area contributed by atoms with Crippen molar-refractivity contribution in [3.63, 3.8) is 0 Å². The van der Waals surface area contributed by atoms with Crippen LogP contribution in [-0.2, 0) is 0 Å². The molecule has 3 heterocycles. The van der Waals surface area contributed by atoms with E-state index >= 15 is 0 Å². The third-order valence-electron chi connectivity index (χ3n) is 8.58. The Hall–Kier alpha value is -5.67. The molecule has 0 saturated heterocycles. The molecule has 0 N–H and O–H groups in total. The number of para-hydroxylation sites is 3. The van der Waals surface area contributed by atoms with Gasteiger partial charge in [0, 0.05) is 50.9 Å². The highest BCUT2D eigenvalue weighted by atomic mass is 15.0. The van der Waals surface area contributed by atoms with Crippen molar-refractivity contribution in [3.05, 3.63) is 152 Å². The minimum atomic E-state index is 1.15. The Bertz CT molecular complexity index is 2460. The standard InChI is InChI=1S/C39H25N3/c1-2-11-29(12-3-1)41-37-20-18-28(24-34(37)35-25-40-22-21-38(35)41)31-14-8-15-33-32-13-6-7-16-36(32)42(39(31)33)30-19-17-26-9-4-5-10-27(26)23-30/h1-25H. The minimum absolute atomic E-state index is 1.15. The maximum Gasteiger partial charge on any atom is 0.0619 e. The Morgan fingerprint density at radius 3 is 2.12 bits per heavy atom. The number of benzene rings is 6. The second-order valence-corrected chi connectivity index (χ2v) is 10.9. The maximum atomic E-state index is 4.51. The number of aromatic nitrogens is 3. The number of fused-ring (bicyclic) bond motifs is 7. The predicted octanol–water partition coefficient (Wildman–Crippen LogP) is 10.1. The van der Waals surface area contributed by atoms with Crippen LogP contribution in [0.2, 0.25) is 0 Å². The molecule has 3 nitrogen and oxygen atoms in total. The van der Waals surface area contributed by atoms with Crippen LogP contribution in [0.1, 0.15) is 0 Å². The molecule has 3 heteroatoms. The summed E-state index contributed by atoms with van der Waals surface area (Å²) in [4.78, 5) is 4.51. The van der Waals surface area contributed by atoms with Crippen LogP contribution in [-0.4, -0.2) is 14.1 Å². The molecule has 0 radical (unpaired) electrons. The van der Waals surface area contributed by atoms with E-state index in [-0.39, 0.29) is 0 Å². The van der Waals surface area contributed by atoms with E-state index in [1.807, 2.05) is 12.4 Å². The first-order valence-electron chi connectivity index (χ1n) is 14.3. The van der Waals surface area contributed by atoms with Crippen molar-refractivity contribution >= 4 is 54.4 Å². The Labute approximate surface area is 242 Å². The van der Waals surface area contributed by atoms with E-state index in [9.17, 15) is 0 Å². The number of hydrogen-bond donors (Lipinski definition) is 0. The van der Waals surface area contributed by atoms with Crippen molar-refractivity contribution < 1.29 is 0 Å². The topological polar surface area (TPSA) is 22.8 Å². The smallest absolute Gasteiger partial charge is 0.0619 e. The predicted molar refractivity (Wildman–Crippen MR) is 176 cm³/mol. The molecular weight excluding hydrogens is 510 g/mol. The highest BCUT2D eigenvalue weighted by molar-refractivity contribution is 6.15. The Morgan fingerprint density at radius 1 is 0.429 bits per heavy atom. The fraction of sp³-hybridized carbons (Fsp3) is 0. The van der Waals surface area contributed by atoms with E-state index in [1.165, 1.54) is 60.3 Å². The molecule has 6 aromatic carbocycles. The molecule has 42 heavy (non-hydrogen) atoms. The van der Waals surface area contributed by atoms with Gasteiger partial charge in [-0.05, 0) is 64.9 Å². The fourth-order valence-electron chi connectivity index (χ4n) is 6.72. The summed E-state index contributed by atoms with van der Waals surface area (Å²) in [5, 5.41) is 7.35. The van der Waals surface area contributed by atoms with Crippen LogP contribution in [0.3, 0.4) is 0 Å². The molecular formula is C39H25N3. The third-order valence-corrected chi connectivity index (χ3v) is 8.58. The van der Waals surface area contributed by atoms with E-state index in [0.717, 1.165) is 16.6 Å². The van der Waals surface area contributed by atoms with E-state index < -0.39 is 0 Å². The summed E-state index contributed by atoms with van der Waals surface area (Å²) >= 11 is 0. The molecule has 9 aromatic rings. The SMILES string of the molecule is c1ccc(-n2c3ccncc3c3cc(-c4cccc5c6ccccc6n(-c6ccc7ccccc7c6)c45)ccc32)cc1. The van der Waals surface area contributed by atoms with E-state index in [4.69, 9.17) is 0 Å². The minimum Gasteiger partial charge on any atom is -0.309 e. The molecule has 0 atom stereocenters. The summed E-state index contributed by atoms with van der Waals surface area (Å²) < 4.78 is 4.77. The van der Waals surface area contributed by atoms with Crippen LogP contribution >= 0.6 is 0 Å². The van der Waals surface area contributed by atoms with E-state index in [0.29, 0.717) is 0 Å². The highest BCUT2D eigenvalue weighted by Crippen LogP contribution is 2.40. The van der Waals surface area contributed by atoms with Gasteiger partial charge in [0.15, 0.2) is 0 Å². The van der Waals surface area contributed by atoms with Crippen LogP contribution in [0.4, 0.5) is 0 Å². The summed E-state index contributed by atoms with van der Waals surface area (Å²) in [6.45, 7) is 0. The molecule has 0 bridgehead atoms. The van der Waals surface area contributed by atoms with Crippen LogP contribution in [0.5, 0.6) is 0 Å². The molecule has 196 valence electrons. The first kappa shape index (κ1) is 23.1. The van der Waals surface area contributed by atoms with Gasteiger partial charge in [0.25, 0.3) is 0 Å². The summed E-state index contributed by atoms with van der Waals surface area (Å²) in [7, 11) is 0. The van der Waals surface area contributed by atoms with Gasteiger partial charge in [-0.3, -0.25) is 4.98 Å². The molecule has 0 aliphatic carbocycles. The zero-order valence-electron chi connectivity index (χ0n) is 22.8. The monoisotopic (exact) mass is 535 g/mol. The van der Waals surface area contributed by atoms with Crippen LogP contribution in [0.25, 0.3) is 76.9 Å². The largest absolute Gasteiger partial charge is 0.309 e. The van der Waals surface area contributed by atoms with Crippen LogP contribution < -0.4 is 0 Å². The summed E-state index contributed by atoms with van der Waals surface area (Å²) in [5.41, 5.74) is 9.48. The molecule has 0 fully saturated rings. The molecule has 0 amide bonds. The fourth-order valence-corrected chi connectivity index (χ4v) is 6.72. The van der Waals surface area contributed by atoms with Gasteiger partial charge >= 0.3 is 0 Å².